The van der Waals surface area contributed by atoms with Crippen LogP contribution >= 0.6 is 15.9 Å². The molecule has 2 N–H and O–H groups in total. The van der Waals surface area contributed by atoms with Crippen molar-refractivity contribution < 1.29 is 0 Å². The molecule has 0 atom stereocenters. The molecule has 0 saturated carbocycles. The molecule has 0 bridgehead atoms. The van der Waals surface area contributed by atoms with Gasteiger partial charge in [-0.2, -0.15) is 0 Å². The minimum atomic E-state index is 1.10. The van der Waals surface area contributed by atoms with E-state index < -0.39 is 0 Å². The third-order valence-corrected chi connectivity index (χ3v) is 3.56. The lowest BCUT2D eigenvalue weighted by Crippen LogP contribution is -1.86. The maximum Gasteiger partial charge on any atom is 0.0464 e. The van der Waals surface area contributed by atoms with Crippen LogP contribution in [0.5, 0.6) is 0 Å². The van der Waals surface area contributed by atoms with Crippen LogP contribution < -0.4 is 5.32 Å². The van der Waals surface area contributed by atoms with E-state index in [9.17, 15) is 0 Å². The summed E-state index contributed by atoms with van der Waals surface area (Å²) in [5.41, 5.74) is 4.62. The highest BCUT2D eigenvalue weighted by Crippen LogP contribution is 2.27. The van der Waals surface area contributed by atoms with E-state index in [4.69, 9.17) is 0 Å². The van der Waals surface area contributed by atoms with Crippen molar-refractivity contribution in [3.63, 3.8) is 0 Å². The molecule has 0 saturated heterocycles. The van der Waals surface area contributed by atoms with E-state index >= 15 is 0 Å². The molecule has 0 fully saturated rings. The Labute approximate surface area is 114 Å². The number of hydrogen-bond acceptors (Lipinski definition) is 1. The lowest BCUT2D eigenvalue weighted by Gasteiger charge is -2.01. The summed E-state index contributed by atoms with van der Waals surface area (Å²) in [7, 11) is 1.93. The monoisotopic (exact) mass is 300 g/mol. The van der Waals surface area contributed by atoms with Crippen molar-refractivity contribution in [1.82, 2.24) is 4.98 Å². The SMILES string of the molecule is CNc1ccc(-c2cc3cc(Br)ccc3[nH]2)cc1. The van der Waals surface area contributed by atoms with Gasteiger partial charge in [0.2, 0.25) is 0 Å². The summed E-state index contributed by atoms with van der Waals surface area (Å²) in [6, 6.07) is 16.8. The maximum absolute atomic E-state index is 3.49. The highest BCUT2D eigenvalue weighted by atomic mass is 79.9. The van der Waals surface area contributed by atoms with Crippen LogP contribution in [-0.2, 0) is 0 Å². The fraction of sp³-hybridized carbons (Fsp3) is 0.0667. The van der Waals surface area contributed by atoms with Crippen LogP contribution in [0.1, 0.15) is 0 Å². The van der Waals surface area contributed by atoms with E-state index in [1.807, 2.05) is 13.1 Å². The second-order valence-electron chi connectivity index (χ2n) is 4.24. The Balaban J connectivity index is 2.07. The molecule has 2 nitrogen and oxygen atoms in total. The van der Waals surface area contributed by atoms with Gasteiger partial charge in [0.05, 0.1) is 0 Å². The predicted octanol–water partition coefficient (Wildman–Crippen LogP) is 4.64. The van der Waals surface area contributed by atoms with Crippen molar-refractivity contribution in [2.45, 2.75) is 0 Å². The highest BCUT2D eigenvalue weighted by molar-refractivity contribution is 9.10. The number of aromatic amines is 1. The molecule has 0 spiro atoms. The molecule has 1 heterocycles. The molecule has 90 valence electrons. The smallest absolute Gasteiger partial charge is 0.0464 e. The number of H-pyrrole nitrogens is 1. The molecular formula is C15H13BrN2. The largest absolute Gasteiger partial charge is 0.388 e. The second kappa shape index (κ2) is 4.50. The second-order valence-corrected chi connectivity index (χ2v) is 5.16. The molecule has 0 aliphatic heterocycles. The Morgan fingerprint density at radius 1 is 1.00 bits per heavy atom. The molecule has 3 heteroatoms. The summed E-state index contributed by atoms with van der Waals surface area (Å²) < 4.78 is 1.10. The van der Waals surface area contributed by atoms with Crippen molar-refractivity contribution >= 4 is 32.5 Å². The molecule has 18 heavy (non-hydrogen) atoms. The first-order valence-corrected chi connectivity index (χ1v) is 6.62. The maximum atomic E-state index is 3.49. The number of halogens is 1. The minimum Gasteiger partial charge on any atom is -0.388 e. The van der Waals surface area contributed by atoms with Crippen LogP contribution in [0, 0.1) is 0 Å². The number of benzene rings is 2. The van der Waals surface area contributed by atoms with Gasteiger partial charge in [0.1, 0.15) is 0 Å². The van der Waals surface area contributed by atoms with Crippen molar-refractivity contribution in [2.24, 2.45) is 0 Å². The van der Waals surface area contributed by atoms with Crippen LogP contribution in [0.25, 0.3) is 22.2 Å². The summed E-state index contributed by atoms with van der Waals surface area (Å²) in [6.07, 6.45) is 0. The molecular weight excluding hydrogens is 288 g/mol. The summed E-state index contributed by atoms with van der Waals surface area (Å²) >= 11 is 3.49. The average Bonchev–Trinajstić information content (AvgIpc) is 2.81. The first-order valence-electron chi connectivity index (χ1n) is 5.83. The van der Waals surface area contributed by atoms with Crippen molar-refractivity contribution in [3.05, 3.63) is 53.0 Å². The standard InChI is InChI=1S/C15H13BrN2/c1-17-13-5-2-10(3-6-13)15-9-11-8-12(16)4-7-14(11)18-15/h2-9,17-18H,1H3. The number of aromatic nitrogens is 1. The first kappa shape index (κ1) is 11.4. The third kappa shape index (κ3) is 2.02. The fourth-order valence-electron chi connectivity index (χ4n) is 2.08. The van der Waals surface area contributed by atoms with Crippen molar-refractivity contribution in [2.75, 3.05) is 12.4 Å². The van der Waals surface area contributed by atoms with Gasteiger partial charge in [0.25, 0.3) is 0 Å². The van der Waals surface area contributed by atoms with E-state index in [-0.39, 0.29) is 0 Å². The predicted molar refractivity (Wildman–Crippen MR) is 81.0 cm³/mol. The van der Waals surface area contributed by atoms with Gasteiger partial charge in [-0.15, -0.1) is 0 Å². The number of rotatable bonds is 2. The van der Waals surface area contributed by atoms with Gasteiger partial charge in [-0.3, -0.25) is 0 Å². The third-order valence-electron chi connectivity index (χ3n) is 3.07. The summed E-state index contributed by atoms with van der Waals surface area (Å²) in [5.74, 6) is 0. The van der Waals surface area contributed by atoms with E-state index in [1.165, 1.54) is 10.9 Å². The molecule has 0 amide bonds. The zero-order valence-electron chi connectivity index (χ0n) is 10.00. The normalized spacial score (nSPS) is 10.8. The van der Waals surface area contributed by atoms with Gasteiger partial charge < -0.3 is 10.3 Å². The Kier molecular flexibility index (Phi) is 2.84. The van der Waals surface area contributed by atoms with Crippen LogP contribution in [0.2, 0.25) is 0 Å². The molecule has 3 rings (SSSR count). The minimum absolute atomic E-state index is 1.10. The quantitative estimate of drug-likeness (QED) is 0.709. The molecule has 2 aromatic carbocycles. The zero-order valence-corrected chi connectivity index (χ0v) is 11.6. The summed E-state index contributed by atoms with van der Waals surface area (Å²) in [6.45, 7) is 0. The highest BCUT2D eigenvalue weighted by Gasteiger charge is 2.03. The van der Waals surface area contributed by atoms with E-state index in [1.54, 1.807) is 0 Å². The number of nitrogens with one attached hydrogen (secondary N) is 2. The average molecular weight is 301 g/mol. The van der Waals surface area contributed by atoms with E-state index in [2.05, 4.69) is 68.7 Å². The molecule has 1 aromatic heterocycles. The molecule has 3 aromatic rings. The zero-order chi connectivity index (χ0) is 12.5. The van der Waals surface area contributed by atoms with Crippen molar-refractivity contribution in [3.8, 4) is 11.3 Å². The molecule has 0 aliphatic rings. The van der Waals surface area contributed by atoms with Gasteiger partial charge in [-0.25, -0.2) is 0 Å². The Morgan fingerprint density at radius 3 is 2.50 bits per heavy atom. The summed E-state index contributed by atoms with van der Waals surface area (Å²) in [5, 5.41) is 4.34. The summed E-state index contributed by atoms with van der Waals surface area (Å²) in [4.78, 5) is 3.44. The van der Waals surface area contributed by atoms with Crippen molar-refractivity contribution in [1.29, 1.82) is 0 Å². The van der Waals surface area contributed by atoms with Crippen LogP contribution in [0.3, 0.4) is 0 Å². The van der Waals surface area contributed by atoms with Crippen LogP contribution in [-0.4, -0.2) is 12.0 Å². The van der Waals surface area contributed by atoms with E-state index in [0.717, 1.165) is 21.4 Å². The lowest BCUT2D eigenvalue weighted by molar-refractivity contribution is 1.44. The van der Waals surface area contributed by atoms with Gasteiger partial charge in [0.15, 0.2) is 0 Å². The van der Waals surface area contributed by atoms with E-state index in [0.29, 0.717) is 0 Å². The fourth-order valence-corrected chi connectivity index (χ4v) is 2.45. The lowest BCUT2D eigenvalue weighted by atomic mass is 10.1. The van der Waals surface area contributed by atoms with Crippen LogP contribution in [0.4, 0.5) is 5.69 Å². The Hall–Kier alpha value is -1.74. The molecule has 0 unspecified atom stereocenters. The first-order chi connectivity index (χ1) is 8.76. The topological polar surface area (TPSA) is 27.8 Å². The number of anilines is 1. The Morgan fingerprint density at radius 2 is 1.78 bits per heavy atom. The Bertz CT molecular complexity index is 683. The van der Waals surface area contributed by atoms with Gasteiger partial charge in [0, 0.05) is 33.8 Å². The van der Waals surface area contributed by atoms with Gasteiger partial charge in [-0.1, -0.05) is 28.1 Å². The number of fused-ring (bicyclic) bond motifs is 1. The number of hydrogen-bond donors (Lipinski definition) is 2. The van der Waals surface area contributed by atoms with Crippen LogP contribution in [0.15, 0.2) is 53.0 Å². The molecule has 0 radical (unpaired) electrons. The van der Waals surface area contributed by atoms with Gasteiger partial charge >= 0.3 is 0 Å². The van der Waals surface area contributed by atoms with Gasteiger partial charge in [-0.05, 0) is 42.0 Å². The molecule has 0 aliphatic carbocycles.